The van der Waals surface area contributed by atoms with Gasteiger partial charge in [0.1, 0.15) is 30.8 Å². The number of hydrogen-bond acceptors (Lipinski definition) is 12. The van der Waals surface area contributed by atoms with Crippen molar-refractivity contribution in [1.29, 1.82) is 0 Å². The molecule has 3 rings (SSSR count). The Labute approximate surface area is 202 Å². The third-order valence-corrected chi connectivity index (χ3v) is 6.01. The average Bonchev–Trinajstić information content (AvgIpc) is 3.32. The van der Waals surface area contributed by atoms with E-state index >= 15 is 0 Å². The molecule has 1 aromatic heterocycles. The zero-order chi connectivity index (χ0) is 25.7. The van der Waals surface area contributed by atoms with Crippen LogP contribution < -0.4 is 11.1 Å². The predicted octanol–water partition coefficient (Wildman–Crippen LogP) is -0.168. The van der Waals surface area contributed by atoms with Gasteiger partial charge in [0.25, 0.3) is 11.8 Å². The van der Waals surface area contributed by atoms with Gasteiger partial charge in [-0.15, -0.1) is 11.8 Å². The summed E-state index contributed by atoms with van der Waals surface area (Å²) >= 11 is 1.21. The van der Waals surface area contributed by atoms with E-state index in [-0.39, 0.29) is 35.1 Å². The summed E-state index contributed by atoms with van der Waals surface area (Å²) in [7, 11) is 1.25. The zero-order valence-electron chi connectivity index (χ0n) is 18.8. The van der Waals surface area contributed by atoms with Crippen molar-refractivity contribution in [2.24, 2.45) is 10.9 Å². The number of thioether (sulfide) groups is 1. The molecule has 0 aromatic carbocycles. The molecule has 2 aliphatic heterocycles. The van der Waals surface area contributed by atoms with Crippen LogP contribution in [0.3, 0.4) is 0 Å². The Kier molecular flexibility index (Phi) is 8.01. The van der Waals surface area contributed by atoms with Crippen LogP contribution in [-0.2, 0) is 38.2 Å². The summed E-state index contributed by atoms with van der Waals surface area (Å²) in [6.07, 6.45) is -0.976. The molecule has 0 bridgehead atoms. The van der Waals surface area contributed by atoms with Crippen LogP contribution in [0.5, 0.6) is 0 Å². The highest BCUT2D eigenvalue weighted by Crippen LogP contribution is 2.41. The molecule has 0 aliphatic carbocycles. The number of rotatable bonds is 9. The maximum atomic E-state index is 13.0. The number of carbonyl (C=O) groups excluding carboxylic acids is 5. The quantitative estimate of drug-likeness (QED) is 0.147. The molecule has 0 saturated carbocycles. The molecule has 35 heavy (non-hydrogen) atoms. The lowest BCUT2D eigenvalue weighted by Crippen LogP contribution is -2.71. The van der Waals surface area contributed by atoms with Crippen LogP contribution in [-0.4, -0.2) is 77.6 Å². The second-order valence-electron chi connectivity index (χ2n) is 7.10. The summed E-state index contributed by atoms with van der Waals surface area (Å²) in [4.78, 5) is 66.7. The van der Waals surface area contributed by atoms with Gasteiger partial charge >= 0.3 is 18.0 Å². The molecule has 3 heterocycles. The first-order chi connectivity index (χ1) is 16.6. The van der Waals surface area contributed by atoms with Crippen molar-refractivity contribution in [1.82, 2.24) is 10.2 Å². The second-order valence-corrected chi connectivity index (χ2v) is 8.21. The van der Waals surface area contributed by atoms with Crippen molar-refractivity contribution in [2.75, 3.05) is 19.5 Å². The monoisotopic (exact) mass is 510 g/mol. The highest BCUT2D eigenvalue weighted by atomic mass is 32.2. The summed E-state index contributed by atoms with van der Waals surface area (Å²) < 4.78 is 19.9. The Morgan fingerprint density at radius 3 is 2.69 bits per heavy atom. The number of oxime groups is 1. The highest BCUT2D eigenvalue weighted by Gasteiger charge is 2.55. The van der Waals surface area contributed by atoms with Gasteiger partial charge in [0.05, 0.1) is 6.26 Å². The number of ether oxygens (including phenoxy) is 3. The number of fused-ring (bicyclic) bond motifs is 1. The Bertz CT molecular complexity index is 1080. The minimum atomic E-state index is -1.24. The SMILES string of the molecule is CO/N=C(\C(=O)NC1C(=O)N2C(C(=O)OC(C)OC(C)=O)=C(COC(N)=O)CSC12)c1ccco1. The van der Waals surface area contributed by atoms with Crippen molar-refractivity contribution in [2.45, 2.75) is 31.6 Å². The Morgan fingerprint density at radius 1 is 1.34 bits per heavy atom. The molecule has 3 amide bonds. The Hall–Kier alpha value is -4.01. The van der Waals surface area contributed by atoms with E-state index in [2.05, 4.69) is 10.5 Å². The highest BCUT2D eigenvalue weighted by molar-refractivity contribution is 8.00. The number of β-lactam (4-membered cyclic amide) rings is 1. The van der Waals surface area contributed by atoms with Crippen LogP contribution in [0.1, 0.15) is 19.6 Å². The van der Waals surface area contributed by atoms with Gasteiger partial charge in [0, 0.05) is 25.2 Å². The Balaban J connectivity index is 1.80. The summed E-state index contributed by atoms with van der Waals surface area (Å²) in [6.45, 7) is 2.09. The molecule has 1 aromatic rings. The number of nitrogens with two attached hydrogens (primary N) is 1. The molecule has 14 nitrogen and oxygen atoms in total. The normalized spacial score (nSPS) is 20.3. The fraction of sp³-hybridized carbons (Fsp3) is 0.400. The Morgan fingerprint density at radius 2 is 2.09 bits per heavy atom. The lowest BCUT2D eigenvalue weighted by atomic mass is 10.0. The first-order valence-corrected chi connectivity index (χ1v) is 11.1. The lowest BCUT2D eigenvalue weighted by Gasteiger charge is -2.49. The molecular weight excluding hydrogens is 488 g/mol. The van der Waals surface area contributed by atoms with Gasteiger partial charge in [-0.1, -0.05) is 5.16 Å². The maximum Gasteiger partial charge on any atom is 0.404 e. The molecular formula is C20H22N4O10S. The lowest BCUT2D eigenvalue weighted by molar-refractivity contribution is -0.182. The van der Waals surface area contributed by atoms with Gasteiger partial charge in [-0.3, -0.25) is 19.3 Å². The van der Waals surface area contributed by atoms with E-state index in [1.165, 1.54) is 38.1 Å². The molecule has 3 N–H and O–H groups in total. The van der Waals surface area contributed by atoms with E-state index in [0.29, 0.717) is 0 Å². The number of amides is 3. The standard InChI is InChI=1S/C20H22N4O10S/c1-9(25)33-10(2)34-19(28)15-11(7-32-20(21)29)8-35-18-14(17(27)24(15)18)22-16(26)13(23-30-3)12-5-4-6-31-12/h4-6,10,14,18H,7-8H2,1-3H3,(H2,21,29)(H,22,26)/b23-13-. The van der Waals surface area contributed by atoms with Crippen LogP contribution in [0.25, 0.3) is 0 Å². The van der Waals surface area contributed by atoms with Crippen LogP contribution >= 0.6 is 11.8 Å². The van der Waals surface area contributed by atoms with Crippen LogP contribution in [0.4, 0.5) is 4.79 Å². The topological polar surface area (TPSA) is 189 Å². The number of furan rings is 1. The summed E-state index contributed by atoms with van der Waals surface area (Å²) in [5.74, 6) is -2.75. The number of nitrogens with one attached hydrogen (secondary N) is 1. The fourth-order valence-electron chi connectivity index (χ4n) is 3.32. The molecule has 15 heteroatoms. The van der Waals surface area contributed by atoms with Crippen molar-refractivity contribution in [3.05, 3.63) is 35.4 Å². The fourth-order valence-corrected chi connectivity index (χ4v) is 4.65. The number of nitrogens with zero attached hydrogens (tertiary/aromatic N) is 2. The summed E-state index contributed by atoms with van der Waals surface area (Å²) in [6, 6.07) is 2.03. The van der Waals surface area contributed by atoms with Crippen molar-refractivity contribution in [3.63, 3.8) is 0 Å². The van der Waals surface area contributed by atoms with Crippen molar-refractivity contribution < 1.29 is 47.4 Å². The molecule has 1 fully saturated rings. The third kappa shape index (κ3) is 5.74. The van der Waals surface area contributed by atoms with Crippen LogP contribution in [0, 0.1) is 0 Å². The maximum absolute atomic E-state index is 13.0. The van der Waals surface area contributed by atoms with Crippen LogP contribution in [0.2, 0.25) is 0 Å². The molecule has 0 spiro atoms. The van der Waals surface area contributed by atoms with Gasteiger partial charge in [-0.05, 0) is 12.1 Å². The minimum Gasteiger partial charge on any atom is -0.462 e. The first-order valence-electron chi connectivity index (χ1n) is 10.1. The summed E-state index contributed by atoms with van der Waals surface area (Å²) in [5, 5.41) is 5.53. The number of carbonyl (C=O) groups is 5. The van der Waals surface area contributed by atoms with Gasteiger partial charge in [0.15, 0.2) is 5.76 Å². The molecule has 188 valence electrons. The van der Waals surface area contributed by atoms with Gasteiger partial charge in [-0.25, -0.2) is 9.59 Å². The first kappa shape index (κ1) is 25.6. The van der Waals surface area contributed by atoms with Gasteiger partial charge in [-0.2, -0.15) is 0 Å². The van der Waals surface area contributed by atoms with E-state index in [1.54, 1.807) is 6.07 Å². The zero-order valence-corrected chi connectivity index (χ0v) is 19.7. The molecule has 2 aliphatic rings. The number of hydrogen-bond donors (Lipinski definition) is 2. The predicted molar refractivity (Wildman–Crippen MR) is 117 cm³/mol. The van der Waals surface area contributed by atoms with E-state index in [9.17, 15) is 24.0 Å². The average molecular weight is 510 g/mol. The van der Waals surface area contributed by atoms with E-state index in [4.69, 9.17) is 29.2 Å². The molecule has 3 unspecified atom stereocenters. The van der Waals surface area contributed by atoms with Gasteiger partial charge in [0.2, 0.25) is 12.0 Å². The smallest absolute Gasteiger partial charge is 0.404 e. The largest absolute Gasteiger partial charge is 0.462 e. The van der Waals surface area contributed by atoms with E-state index in [1.807, 2.05) is 0 Å². The van der Waals surface area contributed by atoms with E-state index in [0.717, 1.165) is 11.8 Å². The van der Waals surface area contributed by atoms with Crippen molar-refractivity contribution in [3.8, 4) is 0 Å². The summed E-state index contributed by atoms with van der Waals surface area (Å²) in [5.41, 5.74) is 4.89. The van der Waals surface area contributed by atoms with Gasteiger partial charge < -0.3 is 34.5 Å². The van der Waals surface area contributed by atoms with Crippen molar-refractivity contribution >= 4 is 47.3 Å². The van der Waals surface area contributed by atoms with Crippen LogP contribution in [0.15, 0.2) is 39.2 Å². The minimum absolute atomic E-state index is 0.124. The molecule has 3 atom stereocenters. The molecule has 1 saturated heterocycles. The number of primary amides is 1. The third-order valence-electron chi connectivity index (χ3n) is 4.67. The van der Waals surface area contributed by atoms with E-state index < -0.39 is 47.6 Å². The molecule has 0 radical (unpaired) electrons. The second kappa shape index (κ2) is 10.9. The number of esters is 2.